The molecule has 0 aliphatic heterocycles. The minimum Gasteiger partial charge on any atom is -0.458 e. The molecule has 32 heavy (non-hydrogen) atoms. The van der Waals surface area contributed by atoms with E-state index in [1.54, 1.807) is 20.8 Å². The number of oxime groups is 1. The van der Waals surface area contributed by atoms with Gasteiger partial charge in [-0.25, -0.2) is 14.6 Å². The number of thiazole rings is 1. The van der Waals surface area contributed by atoms with Crippen LogP contribution in [0.5, 0.6) is 0 Å². The van der Waals surface area contributed by atoms with Gasteiger partial charge in [-0.15, -0.1) is 11.3 Å². The smallest absolute Gasteiger partial charge is 0.363 e. The van der Waals surface area contributed by atoms with Crippen LogP contribution in [0.2, 0.25) is 0 Å². The lowest BCUT2D eigenvalue weighted by Gasteiger charge is -2.27. The maximum absolute atomic E-state index is 12.5. The van der Waals surface area contributed by atoms with Gasteiger partial charge in [0.1, 0.15) is 25.0 Å². The fourth-order valence-electron chi connectivity index (χ4n) is 2.22. The maximum atomic E-state index is 12.5. The zero-order valence-electron chi connectivity index (χ0n) is 18.5. The molecule has 1 atom stereocenters. The number of carbonyl (C=O) groups is 3. The Kier molecular flexibility index (Phi) is 8.06. The van der Waals surface area contributed by atoms with Gasteiger partial charge in [-0.3, -0.25) is 10.1 Å². The predicted molar refractivity (Wildman–Crippen MR) is 119 cm³/mol. The quantitative estimate of drug-likeness (QED) is 0.263. The van der Waals surface area contributed by atoms with Gasteiger partial charge in [-0.1, -0.05) is 35.5 Å². The fraction of sp³-hybridized carbons (Fsp3) is 0.381. The number of carbonyl (C=O) groups excluding carboxylic acids is 3. The Hall–Kier alpha value is -3.31. The largest absolute Gasteiger partial charge is 0.458 e. The molecule has 1 aromatic heterocycles. The minimum atomic E-state index is -1.95. The standard InChI is InChI=1S/C21H26N4O6S/c1-20(2,3)31-18(28)21(4,22)17(27)24-19-23-14(12-32-19)15(25-29-5)16(26)30-11-13-9-7-6-8-10-13/h6-10,12H,11,22H2,1-5H3,(H,23,24,27)/b25-15-/t21-/m0/s1. The van der Waals surface area contributed by atoms with E-state index in [0.29, 0.717) is 0 Å². The van der Waals surface area contributed by atoms with Crippen molar-refractivity contribution in [1.29, 1.82) is 0 Å². The average molecular weight is 463 g/mol. The number of amides is 1. The maximum Gasteiger partial charge on any atom is 0.363 e. The molecular formula is C21H26N4O6S. The van der Waals surface area contributed by atoms with Gasteiger partial charge in [-0.2, -0.15) is 0 Å². The molecule has 0 fully saturated rings. The van der Waals surface area contributed by atoms with E-state index < -0.39 is 29.0 Å². The molecule has 0 radical (unpaired) electrons. The number of nitrogens with zero attached hydrogens (tertiary/aromatic N) is 2. The Morgan fingerprint density at radius 3 is 2.41 bits per heavy atom. The van der Waals surface area contributed by atoms with Crippen molar-refractivity contribution in [2.45, 2.75) is 45.4 Å². The lowest BCUT2D eigenvalue weighted by Crippen LogP contribution is -2.57. The highest BCUT2D eigenvalue weighted by Gasteiger charge is 2.41. The minimum absolute atomic E-state index is 0.0392. The van der Waals surface area contributed by atoms with Crippen LogP contribution in [0.15, 0.2) is 40.9 Å². The molecule has 1 aromatic carbocycles. The van der Waals surface area contributed by atoms with Gasteiger partial charge in [0.15, 0.2) is 10.7 Å². The summed E-state index contributed by atoms with van der Waals surface area (Å²) in [4.78, 5) is 46.2. The number of anilines is 1. The van der Waals surface area contributed by atoms with E-state index in [9.17, 15) is 14.4 Å². The van der Waals surface area contributed by atoms with Crippen molar-refractivity contribution in [3.05, 3.63) is 47.0 Å². The average Bonchev–Trinajstić information content (AvgIpc) is 3.17. The molecule has 2 rings (SSSR count). The highest BCUT2D eigenvalue weighted by atomic mass is 32.1. The third-order valence-corrected chi connectivity index (χ3v) is 4.61. The molecule has 172 valence electrons. The van der Waals surface area contributed by atoms with Gasteiger partial charge in [-0.05, 0) is 33.3 Å². The van der Waals surface area contributed by atoms with Crippen LogP contribution in [0.4, 0.5) is 5.13 Å². The summed E-state index contributed by atoms with van der Waals surface area (Å²) in [6.45, 7) is 6.28. The second kappa shape index (κ2) is 10.3. The first-order valence-electron chi connectivity index (χ1n) is 9.56. The Morgan fingerprint density at radius 2 is 1.81 bits per heavy atom. The molecule has 0 saturated heterocycles. The number of nitrogens with two attached hydrogens (primary N) is 1. The topological polar surface area (TPSA) is 142 Å². The summed E-state index contributed by atoms with van der Waals surface area (Å²) in [6, 6.07) is 9.12. The van der Waals surface area contributed by atoms with Crippen LogP contribution in [0.3, 0.4) is 0 Å². The number of ether oxygens (including phenoxy) is 2. The summed E-state index contributed by atoms with van der Waals surface area (Å²) in [5.41, 5.74) is 3.88. The van der Waals surface area contributed by atoms with Crippen molar-refractivity contribution < 1.29 is 28.7 Å². The van der Waals surface area contributed by atoms with Gasteiger partial charge >= 0.3 is 11.9 Å². The summed E-state index contributed by atoms with van der Waals surface area (Å²) in [6.07, 6.45) is 0. The van der Waals surface area contributed by atoms with Crippen molar-refractivity contribution in [3.8, 4) is 0 Å². The van der Waals surface area contributed by atoms with Crippen molar-refractivity contribution in [3.63, 3.8) is 0 Å². The Bertz CT molecular complexity index is 995. The highest BCUT2D eigenvalue weighted by molar-refractivity contribution is 7.14. The van der Waals surface area contributed by atoms with Crippen LogP contribution < -0.4 is 11.1 Å². The van der Waals surface area contributed by atoms with Crippen LogP contribution in [0, 0.1) is 0 Å². The molecule has 0 spiro atoms. The van der Waals surface area contributed by atoms with Crippen molar-refractivity contribution >= 4 is 40.0 Å². The number of aromatic nitrogens is 1. The number of rotatable bonds is 8. The van der Waals surface area contributed by atoms with Gasteiger partial charge < -0.3 is 20.0 Å². The zero-order chi connectivity index (χ0) is 23.9. The van der Waals surface area contributed by atoms with E-state index in [-0.39, 0.29) is 23.1 Å². The van der Waals surface area contributed by atoms with Crippen molar-refractivity contribution in [1.82, 2.24) is 4.98 Å². The molecule has 1 heterocycles. The molecule has 0 unspecified atom stereocenters. The lowest BCUT2D eigenvalue weighted by atomic mass is 10.0. The third kappa shape index (κ3) is 6.86. The van der Waals surface area contributed by atoms with E-state index in [0.717, 1.165) is 16.9 Å². The second-order valence-corrected chi connectivity index (χ2v) is 8.74. The Balaban J connectivity index is 2.09. The molecule has 1 amide bonds. The van der Waals surface area contributed by atoms with Crippen molar-refractivity contribution in [2.75, 3.05) is 12.4 Å². The number of nitrogens with one attached hydrogen (secondary N) is 1. The number of hydrogen-bond acceptors (Lipinski definition) is 10. The SMILES string of the molecule is CO/N=C(\C(=O)OCc1ccccc1)c1csc(NC(=O)[C@](C)(N)C(=O)OC(C)(C)C)n1. The molecule has 11 heteroatoms. The van der Waals surface area contributed by atoms with Gasteiger partial charge in [0.2, 0.25) is 5.71 Å². The van der Waals surface area contributed by atoms with Gasteiger partial charge in [0.05, 0.1) is 0 Å². The highest BCUT2D eigenvalue weighted by Crippen LogP contribution is 2.20. The van der Waals surface area contributed by atoms with Crippen LogP contribution >= 0.6 is 11.3 Å². The van der Waals surface area contributed by atoms with Crippen LogP contribution in [-0.2, 0) is 35.3 Å². The first kappa shape index (κ1) is 25.0. The third-order valence-electron chi connectivity index (χ3n) is 3.85. The van der Waals surface area contributed by atoms with Crippen LogP contribution in [0.1, 0.15) is 39.0 Å². The lowest BCUT2D eigenvalue weighted by molar-refractivity contribution is -0.162. The van der Waals surface area contributed by atoms with Gasteiger partial charge in [0, 0.05) is 5.38 Å². The Morgan fingerprint density at radius 1 is 1.16 bits per heavy atom. The van der Waals surface area contributed by atoms with Crippen molar-refractivity contribution in [2.24, 2.45) is 10.9 Å². The van der Waals surface area contributed by atoms with E-state index in [1.807, 2.05) is 30.3 Å². The van der Waals surface area contributed by atoms with E-state index in [2.05, 4.69) is 15.5 Å². The normalized spacial score (nSPS) is 13.6. The monoisotopic (exact) mass is 462 g/mol. The summed E-state index contributed by atoms with van der Waals surface area (Å²) in [5.74, 6) is -2.45. The second-order valence-electron chi connectivity index (χ2n) is 7.88. The van der Waals surface area contributed by atoms with Crippen LogP contribution in [-0.4, -0.2) is 46.8 Å². The molecule has 10 nitrogen and oxygen atoms in total. The summed E-state index contributed by atoms with van der Waals surface area (Å²) < 4.78 is 10.5. The summed E-state index contributed by atoms with van der Waals surface area (Å²) >= 11 is 1.01. The molecule has 2 aromatic rings. The van der Waals surface area contributed by atoms with Gasteiger partial charge in [0.25, 0.3) is 5.91 Å². The first-order valence-corrected chi connectivity index (χ1v) is 10.4. The number of hydrogen-bond donors (Lipinski definition) is 2. The number of esters is 2. The fourth-order valence-corrected chi connectivity index (χ4v) is 2.91. The number of benzene rings is 1. The molecule has 3 N–H and O–H groups in total. The molecule has 0 aliphatic rings. The van der Waals surface area contributed by atoms with E-state index >= 15 is 0 Å². The summed E-state index contributed by atoms with van der Waals surface area (Å²) in [7, 11) is 1.28. The molecule has 0 aliphatic carbocycles. The van der Waals surface area contributed by atoms with E-state index in [1.165, 1.54) is 19.4 Å². The van der Waals surface area contributed by atoms with E-state index in [4.69, 9.17) is 20.0 Å². The first-order chi connectivity index (χ1) is 14.9. The molecule has 0 saturated carbocycles. The zero-order valence-corrected chi connectivity index (χ0v) is 19.3. The van der Waals surface area contributed by atoms with Crippen LogP contribution in [0.25, 0.3) is 0 Å². The predicted octanol–water partition coefficient (Wildman–Crippen LogP) is 2.23. The Labute approximate surface area is 189 Å². The summed E-state index contributed by atoms with van der Waals surface area (Å²) in [5, 5.41) is 7.74. The molecule has 0 bridgehead atoms. The molecular weight excluding hydrogens is 436 g/mol.